The third kappa shape index (κ3) is 3.09. The standard InChI is InChI=1S/C26H26N4O4/c1-14-18(31)12-11-17-21-23(34-22(14)17)19(16-10-7-13-27-25(16)32)20-24(28-21)30(29-26(20)33)15-8-5-3-2-4-6-9-15/h7,10-13,15,28H,2-6,8-9H2,1H3,(H,27,32)(H,29,33). The Hall–Kier alpha value is -3.81. The summed E-state index contributed by atoms with van der Waals surface area (Å²) in [7, 11) is 0. The van der Waals surface area contributed by atoms with Crippen LogP contribution in [0.15, 0.2) is 49.3 Å². The van der Waals surface area contributed by atoms with Crippen LogP contribution >= 0.6 is 0 Å². The van der Waals surface area contributed by atoms with Crippen molar-refractivity contribution in [2.75, 3.05) is 0 Å². The number of hydrogen-bond acceptors (Lipinski definition) is 4. The molecular formula is C26H26N4O4. The average Bonchev–Trinajstić information content (AvgIpc) is 3.34. The van der Waals surface area contributed by atoms with Gasteiger partial charge in [0.15, 0.2) is 11.0 Å². The number of benzene rings is 1. The Kier molecular flexibility index (Phi) is 4.83. The second-order valence-corrected chi connectivity index (χ2v) is 9.32. The molecule has 0 aliphatic heterocycles. The molecule has 6 rings (SSSR count). The molecule has 4 heterocycles. The molecular weight excluding hydrogens is 432 g/mol. The maximum Gasteiger partial charge on any atom is 0.274 e. The van der Waals surface area contributed by atoms with E-state index in [2.05, 4.69) is 15.1 Å². The Labute approximate surface area is 193 Å². The summed E-state index contributed by atoms with van der Waals surface area (Å²) >= 11 is 0. The molecule has 5 aromatic rings. The molecule has 0 spiro atoms. The van der Waals surface area contributed by atoms with E-state index in [0.29, 0.717) is 44.4 Å². The van der Waals surface area contributed by atoms with Gasteiger partial charge >= 0.3 is 0 Å². The zero-order valence-corrected chi connectivity index (χ0v) is 19.0. The normalized spacial score (nSPS) is 15.8. The smallest absolute Gasteiger partial charge is 0.274 e. The first-order valence-corrected chi connectivity index (χ1v) is 11.9. The number of aromatic amines is 3. The van der Waals surface area contributed by atoms with E-state index in [1.54, 1.807) is 31.3 Å². The lowest BCUT2D eigenvalue weighted by atomic mass is 9.97. The molecule has 0 amide bonds. The van der Waals surface area contributed by atoms with Gasteiger partial charge in [0, 0.05) is 22.7 Å². The van der Waals surface area contributed by atoms with Gasteiger partial charge in [-0.25, -0.2) is 0 Å². The van der Waals surface area contributed by atoms with Gasteiger partial charge in [-0.1, -0.05) is 32.1 Å². The molecule has 34 heavy (non-hydrogen) atoms. The topological polar surface area (TPSA) is 117 Å². The van der Waals surface area contributed by atoms with Crippen LogP contribution in [-0.2, 0) is 0 Å². The lowest BCUT2D eigenvalue weighted by molar-refractivity contribution is 0.353. The van der Waals surface area contributed by atoms with E-state index in [-0.39, 0.29) is 22.6 Å². The average molecular weight is 459 g/mol. The number of nitrogens with one attached hydrogen (secondary N) is 3. The van der Waals surface area contributed by atoms with Crippen LogP contribution in [0.1, 0.15) is 56.6 Å². The molecule has 1 aliphatic rings. The third-order valence-corrected chi connectivity index (χ3v) is 7.23. The summed E-state index contributed by atoms with van der Waals surface area (Å²) < 4.78 is 8.17. The Morgan fingerprint density at radius 1 is 0.941 bits per heavy atom. The second-order valence-electron chi connectivity index (χ2n) is 9.32. The quantitative estimate of drug-likeness (QED) is 0.350. The van der Waals surface area contributed by atoms with Crippen molar-refractivity contribution in [1.82, 2.24) is 19.7 Å². The maximum atomic E-state index is 13.4. The molecule has 0 atom stereocenters. The van der Waals surface area contributed by atoms with Gasteiger partial charge in [-0.3, -0.25) is 24.2 Å². The van der Waals surface area contributed by atoms with Crippen LogP contribution in [0, 0.1) is 6.92 Å². The first kappa shape index (κ1) is 20.8. The predicted molar refractivity (Wildman–Crippen MR) is 133 cm³/mol. The van der Waals surface area contributed by atoms with Gasteiger partial charge in [-0.2, -0.15) is 0 Å². The van der Waals surface area contributed by atoms with Crippen LogP contribution in [0.25, 0.3) is 44.2 Å². The van der Waals surface area contributed by atoms with Crippen molar-refractivity contribution < 1.29 is 4.42 Å². The van der Waals surface area contributed by atoms with E-state index in [9.17, 15) is 14.4 Å². The summed E-state index contributed by atoms with van der Waals surface area (Å²) in [6.45, 7) is 1.73. The van der Waals surface area contributed by atoms with Crippen LogP contribution in [0.4, 0.5) is 0 Å². The minimum atomic E-state index is -0.309. The van der Waals surface area contributed by atoms with E-state index >= 15 is 0 Å². The molecule has 0 unspecified atom stereocenters. The SMILES string of the molecule is Cc1c(=O)ccc2c1oc1c(-c3ccc[nH]c3=O)c3c(=O)[nH]n(C4CCCCCCC4)c3[nH]c12. The Morgan fingerprint density at radius 2 is 1.71 bits per heavy atom. The molecule has 1 aromatic carbocycles. The van der Waals surface area contributed by atoms with Crippen LogP contribution in [0.2, 0.25) is 0 Å². The molecule has 1 fully saturated rings. The van der Waals surface area contributed by atoms with Crippen molar-refractivity contribution in [3.8, 4) is 11.1 Å². The number of rotatable bonds is 2. The van der Waals surface area contributed by atoms with Gasteiger partial charge in [-0.15, -0.1) is 0 Å². The van der Waals surface area contributed by atoms with Crippen molar-refractivity contribution in [3.05, 3.63) is 67.0 Å². The van der Waals surface area contributed by atoms with Gasteiger partial charge in [0.2, 0.25) is 0 Å². The molecule has 0 saturated heterocycles. The molecule has 0 radical (unpaired) electrons. The van der Waals surface area contributed by atoms with Crippen molar-refractivity contribution in [2.24, 2.45) is 0 Å². The summed E-state index contributed by atoms with van der Waals surface area (Å²) in [5.74, 6) is 0. The van der Waals surface area contributed by atoms with E-state index in [1.165, 1.54) is 25.3 Å². The summed E-state index contributed by atoms with van der Waals surface area (Å²) in [4.78, 5) is 44.7. The van der Waals surface area contributed by atoms with Crippen molar-refractivity contribution in [1.29, 1.82) is 0 Å². The van der Waals surface area contributed by atoms with Crippen molar-refractivity contribution in [3.63, 3.8) is 0 Å². The number of pyridine rings is 2. The number of furan rings is 1. The Balaban J connectivity index is 1.76. The number of aryl methyl sites for hydroxylation is 1. The molecule has 0 bridgehead atoms. The number of aromatic nitrogens is 4. The van der Waals surface area contributed by atoms with Gasteiger partial charge in [-0.05, 0) is 44.0 Å². The summed E-state index contributed by atoms with van der Waals surface area (Å²) in [6, 6.07) is 6.85. The van der Waals surface area contributed by atoms with Crippen molar-refractivity contribution in [2.45, 2.75) is 57.9 Å². The van der Waals surface area contributed by atoms with Crippen molar-refractivity contribution >= 4 is 33.1 Å². The minimum absolute atomic E-state index is 0.118. The molecule has 1 saturated carbocycles. The number of fused-ring (bicyclic) bond motifs is 4. The van der Waals surface area contributed by atoms with Gasteiger partial charge in [0.25, 0.3) is 11.1 Å². The van der Waals surface area contributed by atoms with E-state index in [0.717, 1.165) is 31.1 Å². The first-order valence-electron chi connectivity index (χ1n) is 11.9. The number of hydrogen-bond donors (Lipinski definition) is 3. The predicted octanol–water partition coefficient (Wildman–Crippen LogP) is 4.87. The van der Waals surface area contributed by atoms with Gasteiger partial charge in [0.1, 0.15) is 11.2 Å². The fourth-order valence-electron chi connectivity index (χ4n) is 5.46. The summed E-state index contributed by atoms with van der Waals surface area (Å²) in [5.41, 5.74) is 2.78. The van der Waals surface area contributed by atoms with E-state index < -0.39 is 0 Å². The number of nitrogens with zero attached hydrogens (tertiary/aromatic N) is 1. The highest BCUT2D eigenvalue weighted by atomic mass is 16.3. The molecule has 8 heteroatoms. The highest BCUT2D eigenvalue weighted by Crippen LogP contribution is 2.38. The zero-order valence-electron chi connectivity index (χ0n) is 19.0. The summed E-state index contributed by atoms with van der Waals surface area (Å²) in [5, 5.41) is 4.20. The Morgan fingerprint density at radius 3 is 2.47 bits per heavy atom. The van der Waals surface area contributed by atoms with Crippen LogP contribution in [0.5, 0.6) is 0 Å². The van der Waals surface area contributed by atoms with Crippen LogP contribution in [-0.4, -0.2) is 19.7 Å². The fourth-order valence-corrected chi connectivity index (χ4v) is 5.46. The molecule has 1 aliphatic carbocycles. The molecule has 4 aromatic heterocycles. The lowest BCUT2D eigenvalue weighted by Crippen LogP contribution is -2.15. The maximum absolute atomic E-state index is 13.4. The highest BCUT2D eigenvalue weighted by Gasteiger charge is 2.26. The Bertz CT molecular complexity index is 1720. The number of H-pyrrole nitrogens is 3. The molecule has 8 nitrogen and oxygen atoms in total. The van der Waals surface area contributed by atoms with Gasteiger partial charge < -0.3 is 14.4 Å². The van der Waals surface area contributed by atoms with E-state index in [1.807, 2.05) is 4.68 Å². The minimum Gasteiger partial charge on any atom is -0.453 e. The van der Waals surface area contributed by atoms with Crippen LogP contribution in [0.3, 0.4) is 0 Å². The van der Waals surface area contributed by atoms with E-state index in [4.69, 9.17) is 4.42 Å². The third-order valence-electron chi connectivity index (χ3n) is 7.23. The fraction of sp³-hybridized carbons (Fsp3) is 0.346. The van der Waals surface area contributed by atoms with Gasteiger partial charge in [0.05, 0.1) is 22.5 Å². The highest BCUT2D eigenvalue weighted by molar-refractivity contribution is 6.14. The zero-order chi connectivity index (χ0) is 23.4. The first-order chi connectivity index (χ1) is 16.5. The summed E-state index contributed by atoms with van der Waals surface area (Å²) in [6.07, 6.45) is 9.40. The van der Waals surface area contributed by atoms with Crippen LogP contribution < -0.4 is 16.5 Å². The lowest BCUT2D eigenvalue weighted by Gasteiger charge is -2.21. The second kappa shape index (κ2) is 7.90. The molecule has 3 N–H and O–H groups in total. The monoisotopic (exact) mass is 458 g/mol. The largest absolute Gasteiger partial charge is 0.453 e. The molecule has 174 valence electrons.